The van der Waals surface area contributed by atoms with E-state index >= 15 is 0 Å². The van der Waals surface area contributed by atoms with Crippen LogP contribution in [0.5, 0.6) is 0 Å². The molecule has 0 aliphatic carbocycles. The van der Waals surface area contributed by atoms with Gasteiger partial charge in [-0.05, 0) is 31.9 Å². The van der Waals surface area contributed by atoms with E-state index in [-0.39, 0.29) is 24.8 Å². The molecule has 0 bridgehead atoms. The number of hydrazine groups is 1. The predicted molar refractivity (Wildman–Crippen MR) is 97.3 cm³/mol. The van der Waals surface area contributed by atoms with E-state index in [1.807, 2.05) is 39.0 Å². The van der Waals surface area contributed by atoms with E-state index in [0.29, 0.717) is 31.0 Å². The minimum absolute atomic E-state index is 0.0754. The Kier molecular flexibility index (Phi) is 7.13. The van der Waals surface area contributed by atoms with Crippen LogP contribution in [0.15, 0.2) is 22.7 Å². The van der Waals surface area contributed by atoms with Crippen LogP contribution in [0.2, 0.25) is 0 Å². The first kappa shape index (κ1) is 19.4. The van der Waals surface area contributed by atoms with Crippen LogP contribution in [-0.4, -0.2) is 28.5 Å². The van der Waals surface area contributed by atoms with Crippen molar-refractivity contribution in [1.82, 2.24) is 21.0 Å². The fourth-order valence-electron chi connectivity index (χ4n) is 2.37. The normalized spacial score (nSPS) is 10.4. The summed E-state index contributed by atoms with van der Waals surface area (Å²) in [5.41, 5.74) is 7.91. The molecule has 0 spiro atoms. The summed E-state index contributed by atoms with van der Waals surface area (Å²) >= 11 is 0. The number of hydrogen-bond acceptors (Lipinski definition) is 6. The highest BCUT2D eigenvalue weighted by Crippen LogP contribution is 2.15. The summed E-state index contributed by atoms with van der Waals surface area (Å²) in [5, 5.41) is 6.84. The Morgan fingerprint density at radius 1 is 1.15 bits per heavy atom. The van der Waals surface area contributed by atoms with Gasteiger partial charge in [0.2, 0.25) is 11.8 Å². The molecule has 0 aliphatic heterocycles. The first-order valence-electron chi connectivity index (χ1n) is 8.68. The fourth-order valence-corrected chi connectivity index (χ4v) is 2.37. The van der Waals surface area contributed by atoms with Crippen LogP contribution in [0.25, 0.3) is 0 Å². The molecule has 3 N–H and O–H groups in total. The van der Waals surface area contributed by atoms with Gasteiger partial charge >= 0.3 is 0 Å². The average molecular weight is 359 g/mol. The number of aromatic nitrogens is 2. The largest absolute Gasteiger partial charge is 0.376 e. The molecule has 2 rings (SSSR count). The molecular formula is C18H25N5O3. The molecule has 0 fully saturated rings. The number of hydrogen-bond donors (Lipinski definition) is 3. The lowest BCUT2D eigenvalue weighted by atomic mass is 10.1. The van der Waals surface area contributed by atoms with Crippen LogP contribution < -0.4 is 16.2 Å². The standard InChI is InChI=1S/C18H25N5O3/c1-4-15-20-18(26-23-15)7-5-6-16(24)21-22-17(25)11-19-14-9-8-12(2)10-13(14)3/h8-10,19H,4-7,11H2,1-3H3,(H,21,24)(H,22,25). The lowest BCUT2D eigenvalue weighted by molar-refractivity contribution is -0.128. The van der Waals surface area contributed by atoms with Crippen molar-refractivity contribution < 1.29 is 14.1 Å². The van der Waals surface area contributed by atoms with Crippen LogP contribution in [-0.2, 0) is 22.4 Å². The molecule has 8 nitrogen and oxygen atoms in total. The van der Waals surface area contributed by atoms with E-state index in [9.17, 15) is 9.59 Å². The third kappa shape index (κ3) is 6.19. The average Bonchev–Trinajstić information content (AvgIpc) is 3.07. The summed E-state index contributed by atoms with van der Waals surface area (Å²) in [5.74, 6) is 0.604. The Morgan fingerprint density at radius 3 is 2.62 bits per heavy atom. The van der Waals surface area contributed by atoms with Crippen LogP contribution in [0.3, 0.4) is 0 Å². The summed E-state index contributed by atoms with van der Waals surface area (Å²) in [4.78, 5) is 27.7. The van der Waals surface area contributed by atoms with Gasteiger partial charge in [-0.1, -0.05) is 29.8 Å². The number of nitrogens with zero attached hydrogens (tertiary/aromatic N) is 2. The molecule has 1 heterocycles. The maximum atomic E-state index is 11.8. The van der Waals surface area contributed by atoms with E-state index in [4.69, 9.17) is 4.52 Å². The van der Waals surface area contributed by atoms with Gasteiger partial charge in [-0.3, -0.25) is 20.4 Å². The third-order valence-electron chi connectivity index (χ3n) is 3.78. The molecule has 0 radical (unpaired) electrons. The molecule has 0 saturated carbocycles. The van der Waals surface area contributed by atoms with Crippen molar-refractivity contribution in [1.29, 1.82) is 0 Å². The van der Waals surface area contributed by atoms with E-state index in [1.165, 1.54) is 0 Å². The van der Waals surface area contributed by atoms with Crippen LogP contribution >= 0.6 is 0 Å². The molecule has 2 amide bonds. The van der Waals surface area contributed by atoms with Crippen molar-refractivity contribution in [3.05, 3.63) is 41.0 Å². The number of aryl methyl sites for hydroxylation is 4. The van der Waals surface area contributed by atoms with Crippen molar-refractivity contribution in [3.63, 3.8) is 0 Å². The van der Waals surface area contributed by atoms with Crippen LogP contribution in [0, 0.1) is 13.8 Å². The summed E-state index contributed by atoms with van der Waals surface area (Å²) in [6.07, 6.45) is 2.07. The Morgan fingerprint density at radius 2 is 1.92 bits per heavy atom. The molecule has 26 heavy (non-hydrogen) atoms. The van der Waals surface area contributed by atoms with Gasteiger partial charge in [-0.15, -0.1) is 0 Å². The number of carbonyl (C=O) groups excluding carboxylic acids is 2. The number of amides is 2. The molecule has 0 atom stereocenters. The monoisotopic (exact) mass is 359 g/mol. The quantitative estimate of drug-likeness (QED) is 0.621. The Hall–Kier alpha value is -2.90. The zero-order valence-electron chi connectivity index (χ0n) is 15.4. The van der Waals surface area contributed by atoms with E-state index in [1.54, 1.807) is 0 Å². The second-order valence-electron chi connectivity index (χ2n) is 6.08. The second kappa shape index (κ2) is 9.55. The maximum Gasteiger partial charge on any atom is 0.257 e. The van der Waals surface area contributed by atoms with E-state index in [0.717, 1.165) is 16.8 Å². The highest BCUT2D eigenvalue weighted by atomic mass is 16.5. The van der Waals surface area contributed by atoms with Gasteiger partial charge in [0.15, 0.2) is 5.82 Å². The minimum Gasteiger partial charge on any atom is -0.376 e. The topological polar surface area (TPSA) is 109 Å². The van der Waals surface area contributed by atoms with Gasteiger partial charge in [0, 0.05) is 24.9 Å². The van der Waals surface area contributed by atoms with Gasteiger partial charge in [-0.25, -0.2) is 0 Å². The van der Waals surface area contributed by atoms with E-state index in [2.05, 4.69) is 26.3 Å². The number of rotatable bonds is 8. The number of benzene rings is 1. The highest BCUT2D eigenvalue weighted by Gasteiger charge is 2.08. The molecule has 0 saturated heterocycles. The summed E-state index contributed by atoms with van der Waals surface area (Å²) in [6.45, 7) is 6.01. The molecule has 0 aliphatic rings. The van der Waals surface area contributed by atoms with Gasteiger partial charge in [0.05, 0.1) is 6.54 Å². The number of carbonyl (C=O) groups is 2. The van der Waals surface area contributed by atoms with Gasteiger partial charge < -0.3 is 9.84 Å². The van der Waals surface area contributed by atoms with Crippen LogP contribution in [0.4, 0.5) is 5.69 Å². The van der Waals surface area contributed by atoms with Crippen molar-refractivity contribution in [2.75, 3.05) is 11.9 Å². The van der Waals surface area contributed by atoms with E-state index < -0.39 is 0 Å². The first-order valence-corrected chi connectivity index (χ1v) is 8.68. The van der Waals surface area contributed by atoms with Crippen molar-refractivity contribution in [3.8, 4) is 0 Å². The molecule has 8 heteroatoms. The summed E-state index contributed by atoms with van der Waals surface area (Å²) in [6, 6.07) is 5.94. The number of anilines is 1. The minimum atomic E-state index is -0.317. The summed E-state index contributed by atoms with van der Waals surface area (Å²) in [7, 11) is 0. The van der Waals surface area contributed by atoms with Gasteiger partial charge in [0.1, 0.15) is 0 Å². The van der Waals surface area contributed by atoms with Crippen LogP contribution in [0.1, 0.15) is 42.6 Å². The highest BCUT2D eigenvalue weighted by molar-refractivity contribution is 5.84. The zero-order valence-corrected chi connectivity index (χ0v) is 15.4. The third-order valence-corrected chi connectivity index (χ3v) is 3.78. The predicted octanol–water partition coefficient (Wildman–Crippen LogP) is 1.83. The first-order chi connectivity index (χ1) is 12.5. The lowest BCUT2D eigenvalue weighted by Crippen LogP contribution is -2.44. The summed E-state index contributed by atoms with van der Waals surface area (Å²) < 4.78 is 5.06. The van der Waals surface area contributed by atoms with Gasteiger partial charge in [0.25, 0.3) is 5.91 Å². The smallest absolute Gasteiger partial charge is 0.257 e. The second-order valence-corrected chi connectivity index (χ2v) is 6.08. The Bertz CT molecular complexity index is 757. The molecular weight excluding hydrogens is 334 g/mol. The van der Waals surface area contributed by atoms with Crippen molar-refractivity contribution in [2.24, 2.45) is 0 Å². The molecule has 2 aromatic rings. The maximum absolute atomic E-state index is 11.8. The Labute approximate surface area is 152 Å². The van der Waals surface area contributed by atoms with Crippen molar-refractivity contribution in [2.45, 2.75) is 46.5 Å². The SMILES string of the molecule is CCc1noc(CCCC(=O)NNC(=O)CNc2ccc(C)cc2C)n1. The molecule has 1 aromatic heterocycles. The zero-order chi connectivity index (χ0) is 18.9. The van der Waals surface area contributed by atoms with Gasteiger partial charge in [-0.2, -0.15) is 4.98 Å². The fraction of sp³-hybridized carbons (Fsp3) is 0.444. The number of nitrogens with one attached hydrogen (secondary N) is 3. The lowest BCUT2D eigenvalue weighted by Gasteiger charge is -2.11. The Balaban J connectivity index is 1.62. The molecule has 0 unspecified atom stereocenters. The van der Waals surface area contributed by atoms with Crippen molar-refractivity contribution >= 4 is 17.5 Å². The molecule has 1 aromatic carbocycles. The molecule has 140 valence electrons.